The zero-order valence-corrected chi connectivity index (χ0v) is 13.8. The molecule has 2 aromatic rings. The third-order valence-electron chi connectivity index (χ3n) is 3.20. The summed E-state index contributed by atoms with van der Waals surface area (Å²) in [6, 6.07) is 11.9. The van der Waals surface area contributed by atoms with Gasteiger partial charge in [-0.2, -0.15) is 0 Å². The monoisotopic (exact) mass is 362 g/mol. The van der Waals surface area contributed by atoms with Crippen LogP contribution in [0.1, 0.15) is 27.1 Å². The summed E-state index contributed by atoms with van der Waals surface area (Å²) in [6.07, 6.45) is -0.196. The molecule has 0 saturated heterocycles. The average Bonchev–Trinajstić information content (AvgIpc) is 2.54. The lowest BCUT2D eigenvalue weighted by atomic mass is 10.0. The van der Waals surface area contributed by atoms with Gasteiger partial charge in [0.05, 0.1) is 20.6 Å². The van der Waals surface area contributed by atoms with Crippen LogP contribution < -0.4 is 9.47 Å². The molecule has 4 nitrogen and oxygen atoms in total. The second-order valence-electron chi connectivity index (χ2n) is 4.57. The minimum atomic E-state index is -0.262. The molecule has 0 saturated carbocycles. The highest BCUT2D eigenvalue weighted by Crippen LogP contribution is 2.28. The summed E-state index contributed by atoms with van der Waals surface area (Å²) in [5.74, 6) is 0.506. The Morgan fingerprint density at radius 3 is 2.27 bits per heavy atom. The zero-order valence-electron chi connectivity index (χ0n) is 12.3. The molecule has 0 heterocycles. The third-order valence-corrected chi connectivity index (χ3v) is 3.89. The van der Waals surface area contributed by atoms with E-state index in [4.69, 9.17) is 9.47 Å². The Morgan fingerprint density at radius 2 is 1.64 bits per heavy atom. The maximum absolute atomic E-state index is 12.3. The van der Waals surface area contributed by atoms with Gasteiger partial charge >= 0.3 is 0 Å². The van der Waals surface area contributed by atoms with Crippen LogP contribution in [0.15, 0.2) is 46.9 Å². The van der Waals surface area contributed by atoms with E-state index < -0.39 is 0 Å². The standard InChI is InChI=1S/C17H15BrO4/c1-21-16-8-7-11(9-17(16)22-2)14(19)10-15(20)12-5-3-4-6-13(12)18/h3-9H,10H2,1-2H3. The Bertz CT molecular complexity index is 710. The van der Waals surface area contributed by atoms with Crippen molar-refractivity contribution in [1.29, 1.82) is 0 Å². The fourth-order valence-corrected chi connectivity index (χ4v) is 2.55. The number of hydrogen-bond acceptors (Lipinski definition) is 4. The van der Waals surface area contributed by atoms with Gasteiger partial charge in [-0.3, -0.25) is 9.59 Å². The van der Waals surface area contributed by atoms with Gasteiger partial charge in [0.25, 0.3) is 0 Å². The normalized spacial score (nSPS) is 10.1. The fraction of sp³-hybridized carbons (Fsp3) is 0.176. The molecular formula is C17H15BrO4. The highest BCUT2D eigenvalue weighted by atomic mass is 79.9. The molecule has 0 spiro atoms. The summed E-state index contributed by atoms with van der Waals surface area (Å²) in [4.78, 5) is 24.5. The summed E-state index contributed by atoms with van der Waals surface area (Å²) in [6.45, 7) is 0. The van der Waals surface area contributed by atoms with E-state index in [2.05, 4.69) is 15.9 Å². The topological polar surface area (TPSA) is 52.6 Å². The summed E-state index contributed by atoms with van der Waals surface area (Å²) >= 11 is 3.32. The smallest absolute Gasteiger partial charge is 0.171 e. The van der Waals surface area contributed by atoms with Crippen molar-refractivity contribution in [3.05, 3.63) is 58.1 Å². The van der Waals surface area contributed by atoms with Crippen molar-refractivity contribution in [2.75, 3.05) is 14.2 Å². The van der Waals surface area contributed by atoms with Crippen molar-refractivity contribution in [1.82, 2.24) is 0 Å². The molecule has 5 heteroatoms. The van der Waals surface area contributed by atoms with Crippen molar-refractivity contribution in [3.63, 3.8) is 0 Å². The Kier molecular flexibility index (Phi) is 5.33. The Balaban J connectivity index is 2.19. The number of halogens is 1. The minimum Gasteiger partial charge on any atom is -0.493 e. The van der Waals surface area contributed by atoms with E-state index in [1.807, 2.05) is 6.07 Å². The number of hydrogen-bond donors (Lipinski definition) is 0. The average molecular weight is 363 g/mol. The molecule has 0 bridgehead atoms. The molecule has 0 aliphatic heterocycles. The number of ketones is 2. The number of carbonyl (C=O) groups is 2. The van der Waals surface area contributed by atoms with Crippen LogP contribution in [-0.4, -0.2) is 25.8 Å². The molecule has 0 amide bonds. The number of ether oxygens (including phenoxy) is 2. The van der Waals surface area contributed by atoms with Crippen molar-refractivity contribution >= 4 is 27.5 Å². The Hall–Kier alpha value is -2.14. The molecule has 0 aromatic heterocycles. The molecule has 2 aromatic carbocycles. The Morgan fingerprint density at radius 1 is 0.955 bits per heavy atom. The van der Waals surface area contributed by atoms with E-state index in [1.165, 1.54) is 14.2 Å². The summed E-state index contributed by atoms with van der Waals surface area (Å²) in [5.41, 5.74) is 0.911. The first-order valence-electron chi connectivity index (χ1n) is 6.59. The number of carbonyl (C=O) groups excluding carboxylic acids is 2. The lowest BCUT2D eigenvalue weighted by Gasteiger charge is -2.09. The van der Waals surface area contributed by atoms with Crippen LogP contribution in [0.4, 0.5) is 0 Å². The lowest BCUT2D eigenvalue weighted by Crippen LogP contribution is -2.09. The van der Waals surface area contributed by atoms with Crippen LogP contribution in [0.5, 0.6) is 11.5 Å². The molecule has 0 aliphatic carbocycles. The summed E-state index contributed by atoms with van der Waals surface area (Å²) in [5, 5.41) is 0. The second kappa shape index (κ2) is 7.22. The SMILES string of the molecule is COc1ccc(C(=O)CC(=O)c2ccccc2Br)cc1OC. The molecule has 0 radical (unpaired) electrons. The van der Waals surface area contributed by atoms with Gasteiger partial charge < -0.3 is 9.47 Å². The van der Waals surface area contributed by atoms with Gasteiger partial charge in [-0.1, -0.05) is 34.1 Å². The predicted molar refractivity (Wildman–Crippen MR) is 87.0 cm³/mol. The number of methoxy groups -OCH3 is 2. The van der Waals surface area contributed by atoms with Gasteiger partial charge in [0.1, 0.15) is 0 Å². The van der Waals surface area contributed by atoms with Crippen LogP contribution >= 0.6 is 15.9 Å². The van der Waals surface area contributed by atoms with Crippen LogP contribution in [0.2, 0.25) is 0 Å². The van der Waals surface area contributed by atoms with Crippen LogP contribution in [0.25, 0.3) is 0 Å². The summed E-state index contributed by atoms with van der Waals surface area (Å²) < 4.78 is 11.0. The van der Waals surface area contributed by atoms with Crippen LogP contribution in [-0.2, 0) is 0 Å². The van der Waals surface area contributed by atoms with Crippen molar-refractivity contribution < 1.29 is 19.1 Å². The van der Waals surface area contributed by atoms with E-state index in [-0.39, 0.29) is 18.0 Å². The predicted octanol–water partition coefficient (Wildman–Crippen LogP) is 3.92. The van der Waals surface area contributed by atoms with E-state index in [9.17, 15) is 9.59 Å². The molecule has 0 N–H and O–H groups in total. The minimum absolute atomic E-state index is 0.196. The van der Waals surface area contributed by atoms with Gasteiger partial charge in [0, 0.05) is 15.6 Å². The fourth-order valence-electron chi connectivity index (χ4n) is 2.04. The largest absolute Gasteiger partial charge is 0.493 e. The molecule has 22 heavy (non-hydrogen) atoms. The van der Waals surface area contributed by atoms with Crippen molar-refractivity contribution in [2.45, 2.75) is 6.42 Å². The first-order chi connectivity index (χ1) is 10.6. The molecule has 2 rings (SSSR count). The van der Waals surface area contributed by atoms with E-state index in [1.54, 1.807) is 36.4 Å². The highest BCUT2D eigenvalue weighted by molar-refractivity contribution is 9.10. The summed E-state index contributed by atoms with van der Waals surface area (Å²) in [7, 11) is 3.02. The van der Waals surface area contributed by atoms with Crippen molar-refractivity contribution in [2.24, 2.45) is 0 Å². The number of Topliss-reactive ketones (excluding diaryl/α,β-unsaturated/α-hetero) is 2. The van der Waals surface area contributed by atoms with Crippen molar-refractivity contribution in [3.8, 4) is 11.5 Å². The molecule has 0 unspecified atom stereocenters. The zero-order chi connectivity index (χ0) is 16.1. The van der Waals surface area contributed by atoms with Crippen LogP contribution in [0.3, 0.4) is 0 Å². The molecular weight excluding hydrogens is 348 g/mol. The van der Waals surface area contributed by atoms with E-state index in [0.29, 0.717) is 27.1 Å². The maximum Gasteiger partial charge on any atom is 0.171 e. The first kappa shape index (κ1) is 16.2. The number of benzene rings is 2. The lowest BCUT2D eigenvalue weighted by molar-refractivity contribution is 0.0893. The Labute approximate surface area is 137 Å². The molecule has 0 aliphatic rings. The van der Waals surface area contributed by atoms with E-state index >= 15 is 0 Å². The van der Waals surface area contributed by atoms with Gasteiger partial charge in [-0.25, -0.2) is 0 Å². The van der Waals surface area contributed by atoms with Gasteiger partial charge in [0.15, 0.2) is 23.1 Å². The number of rotatable bonds is 6. The molecule has 0 fully saturated rings. The third kappa shape index (κ3) is 3.54. The quantitative estimate of drug-likeness (QED) is 0.577. The molecule has 0 atom stereocenters. The van der Waals surface area contributed by atoms with Gasteiger partial charge in [0.2, 0.25) is 0 Å². The van der Waals surface area contributed by atoms with E-state index in [0.717, 1.165) is 0 Å². The first-order valence-corrected chi connectivity index (χ1v) is 7.39. The van der Waals surface area contributed by atoms with Gasteiger partial charge in [-0.15, -0.1) is 0 Å². The maximum atomic E-state index is 12.3. The second-order valence-corrected chi connectivity index (χ2v) is 5.43. The van der Waals surface area contributed by atoms with Gasteiger partial charge in [-0.05, 0) is 24.3 Å². The highest BCUT2D eigenvalue weighted by Gasteiger charge is 2.17. The van der Waals surface area contributed by atoms with Crippen LogP contribution in [0, 0.1) is 0 Å². The molecule has 114 valence electrons.